The molecule has 0 aliphatic heterocycles. The molecule has 0 aliphatic carbocycles. The zero-order chi connectivity index (χ0) is 22.5. The van der Waals surface area contributed by atoms with Gasteiger partial charge in [0.2, 0.25) is 11.8 Å². The Morgan fingerprint density at radius 2 is 1.47 bits per heavy atom. The molecule has 6 nitrogen and oxygen atoms in total. The van der Waals surface area contributed by atoms with Crippen LogP contribution in [0.25, 0.3) is 22.9 Å². The van der Waals surface area contributed by atoms with E-state index in [9.17, 15) is 9.18 Å². The van der Waals surface area contributed by atoms with Crippen molar-refractivity contribution < 1.29 is 18.3 Å². The summed E-state index contributed by atoms with van der Waals surface area (Å²) in [7, 11) is 1.70. The average Bonchev–Trinajstić information content (AvgIpc) is 3.31. The first-order valence-electron chi connectivity index (χ1n) is 10.1. The van der Waals surface area contributed by atoms with Crippen LogP contribution in [0.1, 0.15) is 15.9 Å². The van der Waals surface area contributed by atoms with Crippen LogP contribution in [0.3, 0.4) is 0 Å². The lowest BCUT2D eigenvalue weighted by Crippen LogP contribution is -2.30. The third kappa shape index (κ3) is 5.00. The molecule has 0 fully saturated rings. The van der Waals surface area contributed by atoms with Gasteiger partial charge in [-0.1, -0.05) is 17.7 Å². The van der Waals surface area contributed by atoms with E-state index in [-0.39, 0.29) is 11.7 Å². The SMILES string of the molecule is Cc1ccc(-c2nnc(-c3ccc(C(=O)N(C)CCOc4ccc(F)cc4)cc3)o2)cc1. The fourth-order valence-electron chi connectivity index (χ4n) is 3.06. The number of benzene rings is 3. The zero-order valence-corrected chi connectivity index (χ0v) is 17.8. The molecular formula is C25H22FN3O3. The lowest BCUT2D eigenvalue weighted by Gasteiger charge is -2.17. The Balaban J connectivity index is 1.36. The number of nitrogens with zero attached hydrogens (tertiary/aromatic N) is 3. The number of aryl methyl sites for hydroxylation is 1. The average molecular weight is 431 g/mol. The van der Waals surface area contributed by atoms with Gasteiger partial charge in [0.1, 0.15) is 18.2 Å². The maximum atomic E-state index is 12.9. The molecule has 0 unspecified atom stereocenters. The first kappa shape index (κ1) is 21.2. The van der Waals surface area contributed by atoms with E-state index in [1.54, 1.807) is 48.3 Å². The van der Waals surface area contributed by atoms with Gasteiger partial charge in [0, 0.05) is 23.7 Å². The van der Waals surface area contributed by atoms with Crippen LogP contribution in [0.15, 0.2) is 77.2 Å². The smallest absolute Gasteiger partial charge is 0.253 e. The van der Waals surface area contributed by atoms with Gasteiger partial charge in [0.15, 0.2) is 0 Å². The lowest BCUT2D eigenvalue weighted by atomic mass is 10.1. The highest BCUT2D eigenvalue weighted by Gasteiger charge is 2.14. The van der Waals surface area contributed by atoms with Crippen LogP contribution in [0.5, 0.6) is 5.75 Å². The molecule has 1 heterocycles. The summed E-state index contributed by atoms with van der Waals surface area (Å²) in [6, 6.07) is 20.6. The number of amides is 1. The van der Waals surface area contributed by atoms with Gasteiger partial charge < -0.3 is 14.1 Å². The number of aromatic nitrogens is 2. The maximum absolute atomic E-state index is 12.9. The van der Waals surface area contributed by atoms with Gasteiger partial charge >= 0.3 is 0 Å². The monoisotopic (exact) mass is 431 g/mol. The van der Waals surface area contributed by atoms with Gasteiger partial charge in [-0.2, -0.15) is 0 Å². The summed E-state index contributed by atoms with van der Waals surface area (Å²) in [6.45, 7) is 2.71. The summed E-state index contributed by atoms with van der Waals surface area (Å²) < 4.78 is 24.3. The summed E-state index contributed by atoms with van der Waals surface area (Å²) in [6.07, 6.45) is 0. The highest BCUT2D eigenvalue weighted by atomic mass is 19.1. The van der Waals surface area contributed by atoms with Crippen LogP contribution in [0.4, 0.5) is 4.39 Å². The van der Waals surface area contributed by atoms with Crippen LogP contribution in [0.2, 0.25) is 0 Å². The van der Waals surface area contributed by atoms with E-state index < -0.39 is 0 Å². The second-order valence-corrected chi connectivity index (χ2v) is 7.38. The molecule has 0 N–H and O–H groups in total. The van der Waals surface area contributed by atoms with Crippen molar-refractivity contribution in [2.75, 3.05) is 20.2 Å². The van der Waals surface area contributed by atoms with Crippen molar-refractivity contribution in [3.8, 4) is 28.7 Å². The number of likely N-dealkylation sites (N-methyl/N-ethyl adjacent to an activating group) is 1. The number of rotatable bonds is 7. The number of carbonyl (C=O) groups excluding carboxylic acids is 1. The zero-order valence-electron chi connectivity index (χ0n) is 17.8. The third-order valence-corrected chi connectivity index (χ3v) is 4.96. The second kappa shape index (κ2) is 9.43. The first-order chi connectivity index (χ1) is 15.5. The first-order valence-corrected chi connectivity index (χ1v) is 10.1. The molecular weight excluding hydrogens is 409 g/mol. The van der Waals surface area contributed by atoms with Crippen molar-refractivity contribution in [3.63, 3.8) is 0 Å². The maximum Gasteiger partial charge on any atom is 0.253 e. The fraction of sp³-hybridized carbons (Fsp3) is 0.160. The minimum atomic E-state index is -0.319. The number of carbonyl (C=O) groups is 1. The highest BCUT2D eigenvalue weighted by molar-refractivity contribution is 5.94. The number of hydrogen-bond acceptors (Lipinski definition) is 5. The van der Waals surface area contributed by atoms with Crippen molar-refractivity contribution in [2.45, 2.75) is 6.92 Å². The highest BCUT2D eigenvalue weighted by Crippen LogP contribution is 2.24. The minimum Gasteiger partial charge on any atom is -0.492 e. The quantitative estimate of drug-likeness (QED) is 0.412. The molecule has 4 rings (SSSR count). The molecule has 0 radical (unpaired) electrons. The Morgan fingerprint density at radius 1 is 0.906 bits per heavy atom. The van der Waals surface area contributed by atoms with Gasteiger partial charge in [0.05, 0.1) is 6.54 Å². The van der Waals surface area contributed by atoms with E-state index >= 15 is 0 Å². The molecule has 7 heteroatoms. The van der Waals surface area contributed by atoms with Crippen molar-refractivity contribution in [2.24, 2.45) is 0 Å². The summed E-state index contributed by atoms with van der Waals surface area (Å²) in [4.78, 5) is 14.2. The molecule has 0 bridgehead atoms. The third-order valence-electron chi connectivity index (χ3n) is 4.96. The van der Waals surface area contributed by atoms with Crippen LogP contribution in [-0.4, -0.2) is 41.2 Å². The summed E-state index contributed by atoms with van der Waals surface area (Å²) in [5, 5.41) is 8.23. The van der Waals surface area contributed by atoms with Gasteiger partial charge in [-0.15, -0.1) is 10.2 Å². The summed E-state index contributed by atoms with van der Waals surface area (Å²) >= 11 is 0. The molecule has 0 saturated carbocycles. The topological polar surface area (TPSA) is 68.5 Å². The van der Waals surface area contributed by atoms with Gasteiger partial charge in [0.25, 0.3) is 5.91 Å². The number of hydrogen-bond donors (Lipinski definition) is 0. The van der Waals surface area contributed by atoms with Crippen molar-refractivity contribution in [3.05, 3.63) is 89.7 Å². The van der Waals surface area contributed by atoms with E-state index in [2.05, 4.69) is 10.2 Å². The van der Waals surface area contributed by atoms with E-state index in [1.165, 1.54) is 12.1 Å². The number of halogens is 1. The molecule has 3 aromatic carbocycles. The van der Waals surface area contributed by atoms with E-state index in [4.69, 9.17) is 9.15 Å². The molecule has 32 heavy (non-hydrogen) atoms. The van der Waals surface area contributed by atoms with E-state index in [0.29, 0.717) is 36.2 Å². The Hall–Kier alpha value is -4.00. The van der Waals surface area contributed by atoms with E-state index in [0.717, 1.165) is 16.7 Å². The Morgan fingerprint density at radius 3 is 2.06 bits per heavy atom. The predicted octanol–water partition coefficient (Wildman–Crippen LogP) is 5.00. The Kier molecular flexibility index (Phi) is 6.26. The van der Waals surface area contributed by atoms with Crippen LogP contribution in [-0.2, 0) is 0 Å². The molecule has 0 spiro atoms. The van der Waals surface area contributed by atoms with E-state index in [1.807, 2.05) is 31.2 Å². The van der Waals surface area contributed by atoms with Gasteiger partial charge in [-0.25, -0.2) is 4.39 Å². The van der Waals surface area contributed by atoms with Gasteiger partial charge in [-0.3, -0.25) is 4.79 Å². The molecule has 1 amide bonds. The fourth-order valence-corrected chi connectivity index (χ4v) is 3.06. The van der Waals surface area contributed by atoms with Crippen molar-refractivity contribution in [1.29, 1.82) is 0 Å². The van der Waals surface area contributed by atoms with Crippen LogP contribution >= 0.6 is 0 Å². The van der Waals surface area contributed by atoms with Crippen LogP contribution < -0.4 is 4.74 Å². The molecule has 1 aromatic heterocycles. The Labute approximate surface area is 185 Å². The predicted molar refractivity (Wildman–Crippen MR) is 119 cm³/mol. The van der Waals surface area contributed by atoms with Crippen molar-refractivity contribution >= 4 is 5.91 Å². The molecule has 162 valence electrons. The standard InChI is InChI=1S/C25H22FN3O3/c1-17-3-5-18(6-4-17)23-27-28-24(32-23)19-7-9-20(10-8-19)25(30)29(2)15-16-31-22-13-11-21(26)12-14-22/h3-14H,15-16H2,1-2H3. The summed E-state index contributed by atoms with van der Waals surface area (Å²) in [5.41, 5.74) is 3.28. The normalized spacial score (nSPS) is 10.7. The molecule has 4 aromatic rings. The van der Waals surface area contributed by atoms with Crippen molar-refractivity contribution in [1.82, 2.24) is 15.1 Å². The largest absolute Gasteiger partial charge is 0.492 e. The molecule has 0 saturated heterocycles. The Bertz CT molecular complexity index is 1190. The second-order valence-electron chi connectivity index (χ2n) is 7.38. The molecule has 0 atom stereocenters. The minimum absolute atomic E-state index is 0.134. The van der Waals surface area contributed by atoms with Crippen LogP contribution in [0, 0.1) is 12.7 Å². The van der Waals surface area contributed by atoms with Gasteiger partial charge in [-0.05, 0) is 67.6 Å². The lowest BCUT2D eigenvalue weighted by molar-refractivity contribution is 0.0774. The molecule has 0 aliphatic rings. The number of ether oxygens (including phenoxy) is 1. The summed E-state index contributed by atoms with van der Waals surface area (Å²) in [5.74, 6) is 0.938.